The molecule has 0 spiro atoms. The van der Waals surface area contributed by atoms with Crippen LogP contribution in [0.5, 0.6) is 5.75 Å². The van der Waals surface area contributed by atoms with E-state index in [9.17, 15) is 5.11 Å². The van der Waals surface area contributed by atoms with Crippen LogP contribution >= 0.6 is 0 Å². The van der Waals surface area contributed by atoms with Crippen LogP contribution in [0.25, 0.3) is 0 Å². The SMILES string of the molecule is COc1cccc(C2(O)CCCCC2(C)NCCc2ccccc2)c1. The summed E-state index contributed by atoms with van der Waals surface area (Å²) in [4.78, 5) is 0. The standard InChI is InChI=1S/C22H29NO2/c1-21(23-16-13-18-9-4-3-5-10-18)14-6-7-15-22(21,24)19-11-8-12-20(17-19)25-2/h3-5,8-12,17,23-24H,6-7,13-16H2,1-2H3. The quantitative estimate of drug-likeness (QED) is 0.834. The van der Waals surface area contributed by atoms with Gasteiger partial charge in [0.1, 0.15) is 11.4 Å². The molecule has 0 radical (unpaired) electrons. The first-order valence-electron chi connectivity index (χ1n) is 9.23. The van der Waals surface area contributed by atoms with Crippen molar-refractivity contribution in [2.24, 2.45) is 0 Å². The second-order valence-corrected chi connectivity index (χ2v) is 7.29. The molecule has 2 atom stereocenters. The normalized spacial score (nSPS) is 26.4. The summed E-state index contributed by atoms with van der Waals surface area (Å²) in [6.45, 7) is 3.02. The number of aliphatic hydroxyl groups is 1. The summed E-state index contributed by atoms with van der Waals surface area (Å²) in [5.41, 5.74) is 1.05. The van der Waals surface area contributed by atoms with E-state index in [0.717, 1.165) is 50.0 Å². The van der Waals surface area contributed by atoms with Gasteiger partial charge in [0.15, 0.2) is 0 Å². The average molecular weight is 339 g/mol. The van der Waals surface area contributed by atoms with Gasteiger partial charge >= 0.3 is 0 Å². The number of hydrogen-bond donors (Lipinski definition) is 2. The van der Waals surface area contributed by atoms with Gasteiger partial charge in [-0.15, -0.1) is 0 Å². The summed E-state index contributed by atoms with van der Waals surface area (Å²) in [7, 11) is 1.67. The molecule has 0 amide bonds. The Labute approximate surface area is 151 Å². The van der Waals surface area contributed by atoms with Gasteiger partial charge in [0, 0.05) is 5.54 Å². The Morgan fingerprint density at radius 3 is 2.56 bits per heavy atom. The van der Waals surface area contributed by atoms with Gasteiger partial charge in [0.25, 0.3) is 0 Å². The van der Waals surface area contributed by atoms with Gasteiger partial charge in [-0.2, -0.15) is 0 Å². The second kappa shape index (κ2) is 7.59. The smallest absolute Gasteiger partial charge is 0.119 e. The molecule has 0 heterocycles. The molecule has 1 aliphatic carbocycles. The summed E-state index contributed by atoms with van der Waals surface area (Å²) in [5, 5.41) is 15.3. The first-order valence-corrected chi connectivity index (χ1v) is 9.23. The molecule has 1 fully saturated rings. The van der Waals surface area contributed by atoms with Gasteiger partial charge in [0.2, 0.25) is 0 Å². The first kappa shape index (κ1) is 18.0. The van der Waals surface area contributed by atoms with E-state index >= 15 is 0 Å². The maximum Gasteiger partial charge on any atom is 0.119 e. The van der Waals surface area contributed by atoms with Crippen LogP contribution in [0.4, 0.5) is 0 Å². The minimum atomic E-state index is -0.878. The lowest BCUT2D eigenvalue weighted by molar-refractivity contribution is -0.0808. The molecule has 0 aliphatic heterocycles. The van der Waals surface area contributed by atoms with Crippen molar-refractivity contribution in [3.05, 3.63) is 65.7 Å². The van der Waals surface area contributed by atoms with Gasteiger partial charge in [-0.1, -0.05) is 55.3 Å². The van der Waals surface area contributed by atoms with Crippen LogP contribution in [-0.4, -0.2) is 24.3 Å². The maximum atomic E-state index is 11.7. The Morgan fingerprint density at radius 2 is 1.80 bits per heavy atom. The Morgan fingerprint density at radius 1 is 1.04 bits per heavy atom. The summed E-state index contributed by atoms with van der Waals surface area (Å²) in [6, 6.07) is 18.4. The topological polar surface area (TPSA) is 41.5 Å². The van der Waals surface area contributed by atoms with Gasteiger partial charge in [0.05, 0.1) is 7.11 Å². The van der Waals surface area contributed by atoms with Gasteiger partial charge in [-0.25, -0.2) is 0 Å². The van der Waals surface area contributed by atoms with Crippen molar-refractivity contribution < 1.29 is 9.84 Å². The average Bonchev–Trinajstić information content (AvgIpc) is 2.65. The van der Waals surface area contributed by atoms with Crippen LogP contribution in [0, 0.1) is 0 Å². The molecule has 1 aliphatic rings. The van der Waals surface area contributed by atoms with Gasteiger partial charge < -0.3 is 15.2 Å². The van der Waals surface area contributed by atoms with Crippen LogP contribution in [0.15, 0.2) is 54.6 Å². The van der Waals surface area contributed by atoms with E-state index in [1.54, 1.807) is 7.11 Å². The first-order chi connectivity index (χ1) is 12.1. The highest BCUT2D eigenvalue weighted by Gasteiger charge is 2.49. The van der Waals surface area contributed by atoms with E-state index in [2.05, 4.69) is 36.5 Å². The van der Waals surface area contributed by atoms with Crippen LogP contribution in [0.2, 0.25) is 0 Å². The highest BCUT2D eigenvalue weighted by molar-refractivity contribution is 5.35. The van der Waals surface area contributed by atoms with E-state index < -0.39 is 5.60 Å². The van der Waals surface area contributed by atoms with Crippen molar-refractivity contribution in [1.29, 1.82) is 0 Å². The monoisotopic (exact) mass is 339 g/mol. The molecular weight excluding hydrogens is 310 g/mol. The third-order valence-electron chi connectivity index (χ3n) is 5.70. The zero-order valence-electron chi connectivity index (χ0n) is 15.3. The summed E-state index contributed by atoms with van der Waals surface area (Å²) in [6.07, 6.45) is 4.89. The van der Waals surface area contributed by atoms with Crippen molar-refractivity contribution in [3.63, 3.8) is 0 Å². The molecule has 0 saturated heterocycles. The molecule has 2 aromatic rings. The fourth-order valence-electron chi connectivity index (χ4n) is 4.05. The van der Waals surface area contributed by atoms with Crippen molar-refractivity contribution in [2.75, 3.05) is 13.7 Å². The third-order valence-corrected chi connectivity index (χ3v) is 5.70. The molecule has 3 nitrogen and oxygen atoms in total. The molecule has 0 bridgehead atoms. The van der Waals surface area contributed by atoms with Crippen LogP contribution in [0.3, 0.4) is 0 Å². The molecular formula is C22H29NO2. The Bertz CT molecular complexity index is 687. The molecule has 2 aromatic carbocycles. The van der Waals surface area contributed by atoms with Crippen molar-refractivity contribution >= 4 is 0 Å². The van der Waals surface area contributed by atoms with Crippen LogP contribution in [0.1, 0.15) is 43.7 Å². The largest absolute Gasteiger partial charge is 0.497 e. The molecule has 3 heteroatoms. The molecule has 1 saturated carbocycles. The van der Waals surface area contributed by atoms with Crippen molar-refractivity contribution in [1.82, 2.24) is 5.32 Å². The molecule has 25 heavy (non-hydrogen) atoms. The number of hydrogen-bond acceptors (Lipinski definition) is 3. The predicted octanol–water partition coefficient (Wildman–Crippen LogP) is 4.05. The highest BCUT2D eigenvalue weighted by Crippen LogP contribution is 2.45. The van der Waals surface area contributed by atoms with E-state index in [-0.39, 0.29) is 5.54 Å². The highest BCUT2D eigenvalue weighted by atomic mass is 16.5. The minimum Gasteiger partial charge on any atom is -0.497 e. The lowest BCUT2D eigenvalue weighted by Crippen LogP contribution is -2.61. The van der Waals surface area contributed by atoms with Crippen LogP contribution < -0.4 is 10.1 Å². The summed E-state index contributed by atoms with van der Waals surface area (Å²) < 4.78 is 5.37. The Balaban J connectivity index is 1.78. The number of methoxy groups -OCH3 is 1. The lowest BCUT2D eigenvalue weighted by atomic mass is 9.66. The van der Waals surface area contributed by atoms with Crippen LogP contribution in [-0.2, 0) is 12.0 Å². The summed E-state index contributed by atoms with van der Waals surface area (Å²) in [5.74, 6) is 0.795. The van der Waals surface area contributed by atoms with E-state index in [4.69, 9.17) is 4.74 Å². The second-order valence-electron chi connectivity index (χ2n) is 7.29. The maximum absolute atomic E-state index is 11.7. The summed E-state index contributed by atoms with van der Waals surface area (Å²) >= 11 is 0. The Hall–Kier alpha value is -1.84. The zero-order chi connectivity index (χ0) is 17.8. The fourth-order valence-corrected chi connectivity index (χ4v) is 4.05. The van der Waals surface area contributed by atoms with E-state index in [1.807, 2.05) is 30.3 Å². The zero-order valence-corrected chi connectivity index (χ0v) is 15.3. The fraction of sp³-hybridized carbons (Fsp3) is 0.455. The molecule has 3 rings (SSSR count). The molecule has 134 valence electrons. The Kier molecular flexibility index (Phi) is 5.45. The lowest BCUT2D eigenvalue weighted by Gasteiger charge is -2.49. The van der Waals surface area contributed by atoms with Crippen molar-refractivity contribution in [2.45, 2.75) is 50.2 Å². The molecule has 0 aromatic heterocycles. The number of ether oxygens (including phenoxy) is 1. The number of nitrogens with one attached hydrogen (secondary N) is 1. The minimum absolute atomic E-state index is 0.341. The van der Waals surface area contributed by atoms with Crippen molar-refractivity contribution in [3.8, 4) is 5.75 Å². The van der Waals surface area contributed by atoms with E-state index in [1.165, 1.54) is 5.56 Å². The van der Waals surface area contributed by atoms with E-state index in [0.29, 0.717) is 0 Å². The number of benzene rings is 2. The third kappa shape index (κ3) is 3.73. The predicted molar refractivity (Wildman–Crippen MR) is 102 cm³/mol. The molecule has 2 N–H and O–H groups in total. The number of rotatable bonds is 6. The van der Waals surface area contributed by atoms with Gasteiger partial charge in [-0.3, -0.25) is 0 Å². The molecule has 2 unspecified atom stereocenters. The van der Waals surface area contributed by atoms with Gasteiger partial charge in [-0.05, 0) is 56.0 Å².